The first-order valence-corrected chi connectivity index (χ1v) is 7.40. The number of nitrogens with zero attached hydrogens (tertiary/aromatic N) is 1. The Bertz CT molecular complexity index is 508. The molecule has 0 bridgehead atoms. The van der Waals surface area contributed by atoms with Crippen molar-refractivity contribution in [1.29, 1.82) is 0 Å². The number of methoxy groups -OCH3 is 1. The summed E-state index contributed by atoms with van der Waals surface area (Å²) >= 11 is 6.03. The molecule has 1 aliphatic heterocycles. The van der Waals surface area contributed by atoms with Gasteiger partial charge in [0.1, 0.15) is 5.82 Å². The standard InChI is InChI=1S/C15H19ClFNO4/c1-20-5-4-18(15(19)14-10-21-6-7-22-14)9-11-2-3-12(17)8-13(11)16/h2-3,8,14H,4-7,9-10H2,1H3. The zero-order valence-electron chi connectivity index (χ0n) is 12.4. The van der Waals surface area contributed by atoms with Gasteiger partial charge >= 0.3 is 0 Å². The van der Waals surface area contributed by atoms with Crippen molar-refractivity contribution in [3.8, 4) is 0 Å². The number of carbonyl (C=O) groups is 1. The van der Waals surface area contributed by atoms with Crippen molar-refractivity contribution < 1.29 is 23.4 Å². The second kappa shape index (κ2) is 8.43. The lowest BCUT2D eigenvalue weighted by molar-refractivity contribution is -0.159. The molecule has 1 fully saturated rings. The monoisotopic (exact) mass is 331 g/mol. The smallest absolute Gasteiger partial charge is 0.254 e. The molecule has 1 unspecified atom stereocenters. The summed E-state index contributed by atoms with van der Waals surface area (Å²) in [4.78, 5) is 14.1. The van der Waals surface area contributed by atoms with Gasteiger partial charge in [-0.3, -0.25) is 4.79 Å². The molecular formula is C15H19ClFNO4. The number of amides is 1. The van der Waals surface area contributed by atoms with Crippen molar-refractivity contribution in [1.82, 2.24) is 4.90 Å². The maximum absolute atomic E-state index is 13.1. The minimum Gasteiger partial charge on any atom is -0.383 e. The Hall–Kier alpha value is -1.21. The predicted octanol–water partition coefficient (Wildman–Crippen LogP) is 1.87. The van der Waals surface area contributed by atoms with Gasteiger partial charge in [-0.05, 0) is 17.7 Å². The summed E-state index contributed by atoms with van der Waals surface area (Å²) in [5.74, 6) is -0.593. The fourth-order valence-corrected chi connectivity index (χ4v) is 2.39. The lowest BCUT2D eigenvalue weighted by Gasteiger charge is -2.29. The molecular weight excluding hydrogens is 313 g/mol. The van der Waals surface area contributed by atoms with Gasteiger partial charge in [0.2, 0.25) is 0 Å². The number of ether oxygens (including phenoxy) is 3. The molecule has 1 aliphatic rings. The number of benzene rings is 1. The number of hydrogen-bond acceptors (Lipinski definition) is 4. The highest BCUT2D eigenvalue weighted by molar-refractivity contribution is 6.31. The summed E-state index contributed by atoms with van der Waals surface area (Å²) in [5, 5.41) is 0.288. The molecule has 0 saturated carbocycles. The topological polar surface area (TPSA) is 48.0 Å². The summed E-state index contributed by atoms with van der Waals surface area (Å²) in [6.07, 6.45) is -0.621. The van der Waals surface area contributed by atoms with Crippen LogP contribution in [0.1, 0.15) is 5.56 Å². The summed E-state index contributed by atoms with van der Waals surface area (Å²) in [6.45, 7) is 2.17. The number of hydrogen-bond donors (Lipinski definition) is 0. The Labute approximate surface area is 133 Å². The second-order valence-corrected chi connectivity index (χ2v) is 5.33. The quantitative estimate of drug-likeness (QED) is 0.798. The molecule has 22 heavy (non-hydrogen) atoms. The maximum Gasteiger partial charge on any atom is 0.254 e. The number of rotatable bonds is 6. The van der Waals surface area contributed by atoms with Crippen molar-refractivity contribution in [2.24, 2.45) is 0 Å². The van der Waals surface area contributed by atoms with Crippen LogP contribution in [-0.2, 0) is 25.5 Å². The number of carbonyl (C=O) groups excluding carboxylic acids is 1. The molecule has 0 aromatic heterocycles. The van der Waals surface area contributed by atoms with Gasteiger partial charge in [0.05, 0.1) is 26.4 Å². The van der Waals surface area contributed by atoms with Crippen molar-refractivity contribution in [2.45, 2.75) is 12.6 Å². The van der Waals surface area contributed by atoms with Gasteiger partial charge in [0, 0.05) is 25.2 Å². The largest absolute Gasteiger partial charge is 0.383 e. The Morgan fingerprint density at radius 1 is 1.50 bits per heavy atom. The Kier molecular flexibility index (Phi) is 6.57. The van der Waals surface area contributed by atoms with Crippen molar-refractivity contribution in [2.75, 3.05) is 40.1 Å². The van der Waals surface area contributed by atoms with E-state index in [4.69, 9.17) is 25.8 Å². The van der Waals surface area contributed by atoms with Crippen LogP contribution in [0.15, 0.2) is 18.2 Å². The highest BCUT2D eigenvalue weighted by Crippen LogP contribution is 2.20. The zero-order valence-corrected chi connectivity index (χ0v) is 13.1. The first-order chi connectivity index (χ1) is 10.6. The highest BCUT2D eigenvalue weighted by atomic mass is 35.5. The summed E-state index contributed by atoms with van der Waals surface area (Å²) in [5.41, 5.74) is 0.671. The van der Waals surface area contributed by atoms with Crippen LogP contribution in [0.2, 0.25) is 5.02 Å². The highest BCUT2D eigenvalue weighted by Gasteiger charge is 2.27. The summed E-state index contributed by atoms with van der Waals surface area (Å²) < 4.78 is 28.9. The molecule has 5 nitrogen and oxygen atoms in total. The number of halogens is 2. The minimum atomic E-state index is -0.621. The molecule has 0 spiro atoms. The molecule has 122 valence electrons. The van der Waals surface area contributed by atoms with Crippen molar-refractivity contribution in [3.63, 3.8) is 0 Å². The third kappa shape index (κ3) is 4.64. The van der Waals surface area contributed by atoms with Gasteiger partial charge in [0.25, 0.3) is 5.91 Å². The fourth-order valence-electron chi connectivity index (χ4n) is 2.16. The fraction of sp³-hybridized carbons (Fsp3) is 0.533. The normalized spacial score (nSPS) is 18.2. The molecule has 0 N–H and O–H groups in total. The van der Waals surface area contributed by atoms with E-state index in [9.17, 15) is 9.18 Å². The minimum absolute atomic E-state index is 0.183. The van der Waals surface area contributed by atoms with E-state index < -0.39 is 11.9 Å². The van der Waals surface area contributed by atoms with Gasteiger partial charge in [-0.25, -0.2) is 4.39 Å². The zero-order chi connectivity index (χ0) is 15.9. The Balaban J connectivity index is 2.09. The first kappa shape index (κ1) is 17.1. The molecule has 1 atom stereocenters. The average Bonchev–Trinajstić information content (AvgIpc) is 2.53. The third-order valence-electron chi connectivity index (χ3n) is 3.34. The Morgan fingerprint density at radius 2 is 2.32 bits per heavy atom. The molecule has 0 radical (unpaired) electrons. The van der Waals surface area contributed by atoms with Crippen LogP contribution in [0.4, 0.5) is 4.39 Å². The molecule has 1 heterocycles. The van der Waals surface area contributed by atoms with Crippen LogP contribution in [-0.4, -0.2) is 57.0 Å². The lowest BCUT2D eigenvalue weighted by atomic mass is 10.2. The van der Waals surface area contributed by atoms with Crippen molar-refractivity contribution in [3.05, 3.63) is 34.6 Å². The van der Waals surface area contributed by atoms with Crippen LogP contribution in [0.3, 0.4) is 0 Å². The summed E-state index contributed by atoms with van der Waals surface area (Å²) in [6, 6.07) is 4.12. The molecule has 1 amide bonds. The van der Waals surface area contributed by atoms with E-state index in [1.165, 1.54) is 12.1 Å². The first-order valence-electron chi connectivity index (χ1n) is 7.03. The van der Waals surface area contributed by atoms with Crippen LogP contribution < -0.4 is 0 Å². The van der Waals surface area contributed by atoms with Gasteiger partial charge in [-0.15, -0.1) is 0 Å². The molecule has 1 saturated heterocycles. The molecule has 2 rings (SSSR count). The van der Waals surface area contributed by atoms with E-state index in [0.29, 0.717) is 31.9 Å². The van der Waals surface area contributed by atoms with Crippen LogP contribution in [0.5, 0.6) is 0 Å². The van der Waals surface area contributed by atoms with E-state index in [0.717, 1.165) is 0 Å². The van der Waals surface area contributed by atoms with Gasteiger partial charge in [0.15, 0.2) is 6.10 Å². The molecule has 1 aromatic rings. The van der Waals surface area contributed by atoms with E-state index in [-0.39, 0.29) is 24.1 Å². The lowest BCUT2D eigenvalue weighted by Crippen LogP contribution is -2.46. The SMILES string of the molecule is COCCN(Cc1ccc(F)cc1Cl)C(=O)C1COCCO1. The second-order valence-electron chi connectivity index (χ2n) is 4.92. The summed E-state index contributed by atoms with van der Waals surface area (Å²) in [7, 11) is 1.56. The van der Waals surface area contributed by atoms with Gasteiger partial charge < -0.3 is 19.1 Å². The van der Waals surface area contributed by atoms with E-state index in [1.807, 2.05) is 0 Å². The average molecular weight is 332 g/mol. The molecule has 1 aromatic carbocycles. The van der Waals surface area contributed by atoms with E-state index >= 15 is 0 Å². The van der Waals surface area contributed by atoms with Crippen LogP contribution in [0, 0.1) is 5.82 Å². The van der Waals surface area contributed by atoms with Crippen LogP contribution in [0.25, 0.3) is 0 Å². The predicted molar refractivity (Wildman–Crippen MR) is 79.3 cm³/mol. The van der Waals surface area contributed by atoms with Gasteiger partial charge in [-0.1, -0.05) is 17.7 Å². The van der Waals surface area contributed by atoms with E-state index in [1.54, 1.807) is 18.1 Å². The van der Waals surface area contributed by atoms with Crippen LogP contribution >= 0.6 is 11.6 Å². The van der Waals surface area contributed by atoms with E-state index in [2.05, 4.69) is 0 Å². The van der Waals surface area contributed by atoms with Crippen molar-refractivity contribution >= 4 is 17.5 Å². The molecule has 0 aliphatic carbocycles. The maximum atomic E-state index is 13.1. The van der Waals surface area contributed by atoms with Gasteiger partial charge in [-0.2, -0.15) is 0 Å². The third-order valence-corrected chi connectivity index (χ3v) is 3.70. The molecule has 7 heteroatoms. The Morgan fingerprint density at radius 3 is 2.95 bits per heavy atom.